The average Bonchev–Trinajstić information content (AvgIpc) is 2.93. The van der Waals surface area contributed by atoms with E-state index in [1.165, 1.54) is 6.33 Å². The first-order valence-corrected chi connectivity index (χ1v) is 6.12. The van der Waals surface area contributed by atoms with Gasteiger partial charge >= 0.3 is 0 Å². The van der Waals surface area contributed by atoms with Gasteiger partial charge in [-0.2, -0.15) is 4.98 Å². The predicted octanol–water partition coefficient (Wildman–Crippen LogP) is -0.240. The molecule has 8 nitrogen and oxygen atoms in total. The molecule has 1 aliphatic heterocycles. The first-order valence-electron chi connectivity index (χ1n) is 6.12. The van der Waals surface area contributed by atoms with Crippen LogP contribution in [0.15, 0.2) is 11.1 Å². The van der Waals surface area contributed by atoms with Crippen LogP contribution in [0.1, 0.15) is 26.0 Å². The Bertz CT molecular complexity index is 662. The number of rotatable bonds is 2. The van der Waals surface area contributed by atoms with Gasteiger partial charge in [0.05, 0.1) is 18.5 Å². The lowest BCUT2D eigenvalue weighted by Crippen LogP contribution is -2.22. The number of nitrogens with one attached hydrogen (secondary N) is 1. The summed E-state index contributed by atoms with van der Waals surface area (Å²) in [5, 5.41) is 9.53. The molecule has 0 bridgehead atoms. The molecule has 8 heteroatoms. The van der Waals surface area contributed by atoms with Crippen molar-refractivity contribution in [1.82, 2.24) is 19.5 Å². The number of ether oxygens (including phenoxy) is 1. The van der Waals surface area contributed by atoms with E-state index in [0.29, 0.717) is 5.65 Å². The van der Waals surface area contributed by atoms with Gasteiger partial charge in [0.1, 0.15) is 6.23 Å². The largest absolute Gasteiger partial charge is 0.391 e. The normalized spacial score (nSPS) is 24.9. The molecule has 4 N–H and O–H groups in total. The Morgan fingerprint density at radius 1 is 1.63 bits per heavy atom. The highest BCUT2D eigenvalue weighted by molar-refractivity contribution is 5.70. The fourth-order valence-electron chi connectivity index (χ4n) is 2.36. The molecule has 0 saturated carbocycles. The third-order valence-corrected chi connectivity index (χ3v) is 3.33. The molecule has 0 amide bonds. The van der Waals surface area contributed by atoms with E-state index in [0.717, 1.165) is 12.8 Å². The summed E-state index contributed by atoms with van der Waals surface area (Å²) in [6, 6.07) is 0. The quantitative estimate of drug-likeness (QED) is 0.689. The monoisotopic (exact) mass is 265 g/mol. The third-order valence-electron chi connectivity index (χ3n) is 3.33. The average molecular weight is 265 g/mol. The number of anilines is 1. The number of aliphatic hydroxyl groups is 1. The Hall–Kier alpha value is -1.93. The van der Waals surface area contributed by atoms with Crippen molar-refractivity contribution in [3.05, 3.63) is 16.7 Å². The summed E-state index contributed by atoms with van der Waals surface area (Å²) < 4.78 is 7.42. The molecular formula is C11H15N5O3. The van der Waals surface area contributed by atoms with Gasteiger partial charge in [-0.15, -0.1) is 0 Å². The molecule has 2 aromatic heterocycles. The van der Waals surface area contributed by atoms with E-state index in [2.05, 4.69) is 15.0 Å². The second kappa shape index (κ2) is 4.32. The van der Waals surface area contributed by atoms with Crippen LogP contribution in [0.4, 0.5) is 5.95 Å². The maximum Gasteiger partial charge on any atom is 0.280 e. The van der Waals surface area contributed by atoms with E-state index in [9.17, 15) is 9.90 Å². The zero-order valence-corrected chi connectivity index (χ0v) is 10.4. The summed E-state index contributed by atoms with van der Waals surface area (Å²) in [5.74, 6) is 0.0457. The molecular weight excluding hydrogens is 250 g/mol. The molecule has 19 heavy (non-hydrogen) atoms. The molecule has 1 fully saturated rings. The molecule has 0 aromatic carbocycles. The first-order chi connectivity index (χ1) is 9.06. The lowest BCUT2D eigenvalue weighted by molar-refractivity contribution is -0.0515. The zero-order chi connectivity index (χ0) is 13.6. The Morgan fingerprint density at radius 3 is 3.11 bits per heavy atom. The molecule has 0 radical (unpaired) electrons. The van der Waals surface area contributed by atoms with Crippen molar-refractivity contribution in [2.75, 3.05) is 5.73 Å². The second-order valence-electron chi connectivity index (χ2n) is 4.72. The van der Waals surface area contributed by atoms with Crippen molar-refractivity contribution < 1.29 is 9.84 Å². The summed E-state index contributed by atoms with van der Waals surface area (Å²) in [4.78, 5) is 22.2. The number of aliphatic hydroxyl groups excluding tert-OH is 1. The number of hydrogen-bond donors (Lipinski definition) is 3. The fraction of sp³-hybridized carbons (Fsp3) is 0.545. The van der Waals surface area contributed by atoms with Crippen LogP contribution in [-0.2, 0) is 4.74 Å². The number of aromatic nitrogens is 4. The van der Waals surface area contributed by atoms with Crippen molar-refractivity contribution in [2.24, 2.45) is 0 Å². The second-order valence-corrected chi connectivity index (χ2v) is 4.72. The number of hydrogen-bond acceptors (Lipinski definition) is 6. The van der Waals surface area contributed by atoms with Crippen molar-refractivity contribution in [1.29, 1.82) is 0 Å². The van der Waals surface area contributed by atoms with Gasteiger partial charge < -0.3 is 15.6 Å². The van der Waals surface area contributed by atoms with E-state index < -0.39 is 6.10 Å². The van der Waals surface area contributed by atoms with Crippen molar-refractivity contribution in [3.63, 3.8) is 0 Å². The van der Waals surface area contributed by atoms with Gasteiger partial charge in [-0.3, -0.25) is 14.3 Å². The van der Waals surface area contributed by atoms with Gasteiger partial charge in [-0.1, -0.05) is 0 Å². The number of nitrogens with two attached hydrogens (primary N) is 1. The highest BCUT2D eigenvalue weighted by atomic mass is 16.5. The molecule has 2 aromatic rings. The number of nitrogens with zero attached hydrogens (tertiary/aromatic N) is 3. The molecule has 1 saturated heterocycles. The first kappa shape index (κ1) is 12.1. The van der Waals surface area contributed by atoms with Gasteiger partial charge in [0, 0.05) is 0 Å². The van der Waals surface area contributed by atoms with Gasteiger partial charge in [0.25, 0.3) is 5.56 Å². The van der Waals surface area contributed by atoms with Gasteiger partial charge in [-0.25, -0.2) is 4.98 Å². The van der Waals surface area contributed by atoms with Crippen LogP contribution in [-0.4, -0.2) is 36.8 Å². The van der Waals surface area contributed by atoms with Crippen LogP contribution < -0.4 is 11.3 Å². The Morgan fingerprint density at radius 2 is 2.42 bits per heavy atom. The predicted molar refractivity (Wildman–Crippen MR) is 67.4 cm³/mol. The number of aromatic amines is 1. The summed E-state index contributed by atoms with van der Waals surface area (Å²) in [7, 11) is 0. The maximum absolute atomic E-state index is 11.7. The minimum atomic E-state index is -0.527. The molecule has 0 aliphatic carbocycles. The van der Waals surface area contributed by atoms with Crippen molar-refractivity contribution in [2.45, 2.75) is 38.2 Å². The van der Waals surface area contributed by atoms with E-state index in [4.69, 9.17) is 10.5 Å². The van der Waals surface area contributed by atoms with Gasteiger partial charge in [-0.05, 0) is 19.8 Å². The summed E-state index contributed by atoms with van der Waals surface area (Å²) in [5.41, 5.74) is 5.80. The molecule has 1 aliphatic rings. The van der Waals surface area contributed by atoms with Crippen LogP contribution in [0.5, 0.6) is 0 Å². The molecule has 3 heterocycles. The summed E-state index contributed by atoms with van der Waals surface area (Å²) in [6.45, 7) is 1.69. The number of imidazole rings is 1. The molecule has 3 atom stereocenters. The smallest absolute Gasteiger partial charge is 0.280 e. The lowest BCUT2D eigenvalue weighted by Gasteiger charge is -2.16. The number of nitrogen functional groups attached to an aromatic ring is 1. The van der Waals surface area contributed by atoms with Crippen molar-refractivity contribution >= 4 is 17.1 Å². The highest BCUT2D eigenvalue weighted by Gasteiger charge is 2.30. The SMILES string of the molecule is C[C@@H](O)[C@@H]1CC[C@H](n2cnc3c(=O)[nH]c(N)nc32)O1. The fourth-order valence-corrected chi connectivity index (χ4v) is 2.36. The Kier molecular flexibility index (Phi) is 2.76. The van der Waals surface area contributed by atoms with Crippen LogP contribution >= 0.6 is 0 Å². The summed E-state index contributed by atoms with van der Waals surface area (Å²) >= 11 is 0. The topological polar surface area (TPSA) is 119 Å². The molecule has 3 rings (SSSR count). The number of fused-ring (bicyclic) bond motifs is 1. The van der Waals surface area contributed by atoms with Gasteiger partial charge in [0.15, 0.2) is 11.2 Å². The molecule has 0 spiro atoms. The number of H-pyrrole nitrogens is 1. The standard InChI is InChI=1S/C11H15N5O3/c1-5(17)6-2-3-7(19-6)16-4-13-8-9(16)14-11(12)15-10(8)18/h4-7,17H,2-3H2,1H3,(H3,12,14,15,18)/t5-,6+,7-/m1/s1. The Labute approximate surface area is 108 Å². The molecule has 102 valence electrons. The third kappa shape index (κ3) is 1.98. The van der Waals surface area contributed by atoms with E-state index >= 15 is 0 Å². The Balaban J connectivity index is 2.00. The van der Waals surface area contributed by atoms with Crippen LogP contribution in [0.3, 0.4) is 0 Å². The maximum atomic E-state index is 11.7. The summed E-state index contributed by atoms with van der Waals surface area (Å²) in [6.07, 6.45) is 1.98. The van der Waals surface area contributed by atoms with Gasteiger partial charge in [0.2, 0.25) is 5.95 Å². The van der Waals surface area contributed by atoms with E-state index in [1.54, 1.807) is 11.5 Å². The minimum Gasteiger partial charge on any atom is -0.391 e. The zero-order valence-electron chi connectivity index (χ0n) is 10.4. The van der Waals surface area contributed by atoms with Crippen molar-refractivity contribution in [3.8, 4) is 0 Å². The van der Waals surface area contributed by atoms with Crippen LogP contribution in [0.25, 0.3) is 11.2 Å². The highest BCUT2D eigenvalue weighted by Crippen LogP contribution is 2.31. The minimum absolute atomic E-state index is 0.0457. The van der Waals surface area contributed by atoms with Crippen LogP contribution in [0, 0.1) is 0 Å². The molecule has 0 unspecified atom stereocenters. The van der Waals surface area contributed by atoms with E-state index in [-0.39, 0.29) is 29.4 Å². The lowest BCUT2D eigenvalue weighted by atomic mass is 10.1. The van der Waals surface area contributed by atoms with Crippen LogP contribution in [0.2, 0.25) is 0 Å². The van der Waals surface area contributed by atoms with E-state index in [1.807, 2.05) is 0 Å².